The predicted octanol–water partition coefficient (Wildman–Crippen LogP) is 3.71. The lowest BCUT2D eigenvalue weighted by molar-refractivity contribution is 0.108. The monoisotopic (exact) mass is 287 g/mol. The first-order valence-corrected chi connectivity index (χ1v) is 7.21. The van der Waals surface area contributed by atoms with Crippen LogP contribution in [0.4, 0.5) is 0 Å². The summed E-state index contributed by atoms with van der Waals surface area (Å²) in [6.07, 6.45) is 1.07. The maximum atomic E-state index is 11.8. The third-order valence-corrected chi connectivity index (χ3v) is 3.75. The van der Waals surface area contributed by atoms with Gasteiger partial charge in [0, 0.05) is 11.3 Å². The summed E-state index contributed by atoms with van der Waals surface area (Å²) in [6.45, 7) is 7.61. The Morgan fingerprint density at radius 3 is 2.33 bits per heavy atom. The van der Waals surface area contributed by atoms with E-state index in [1.807, 2.05) is 30.3 Å². The Bertz CT molecular complexity index is 328. The molecule has 0 aromatic heterocycles. The minimum atomic E-state index is 0. The van der Waals surface area contributed by atoms with Gasteiger partial charge >= 0.3 is 0 Å². The molecule has 102 valence electrons. The number of thioether (sulfide) groups is 1. The highest BCUT2D eigenvalue weighted by molar-refractivity contribution is 8.14. The fourth-order valence-electron chi connectivity index (χ4n) is 1.65. The predicted molar refractivity (Wildman–Crippen MR) is 82.9 cm³/mol. The molecule has 0 aliphatic rings. The Morgan fingerprint density at radius 2 is 1.78 bits per heavy atom. The number of rotatable bonds is 7. The van der Waals surface area contributed by atoms with Gasteiger partial charge in [-0.05, 0) is 26.1 Å². The van der Waals surface area contributed by atoms with Gasteiger partial charge in [0.1, 0.15) is 0 Å². The van der Waals surface area contributed by atoms with E-state index in [-0.39, 0.29) is 17.5 Å². The molecule has 0 N–H and O–H groups in total. The van der Waals surface area contributed by atoms with Gasteiger partial charge < -0.3 is 4.90 Å². The van der Waals surface area contributed by atoms with Crippen molar-refractivity contribution in [2.45, 2.75) is 20.3 Å². The molecule has 0 amide bonds. The first-order chi connectivity index (χ1) is 8.27. The number of nitrogens with zero attached hydrogens (tertiary/aromatic N) is 1. The molecule has 0 saturated heterocycles. The third kappa shape index (κ3) is 6.43. The van der Waals surface area contributed by atoms with E-state index >= 15 is 0 Å². The van der Waals surface area contributed by atoms with E-state index in [0.29, 0.717) is 0 Å². The van der Waals surface area contributed by atoms with Crippen molar-refractivity contribution in [2.24, 2.45) is 0 Å². The van der Waals surface area contributed by atoms with Gasteiger partial charge in [0.05, 0.1) is 0 Å². The van der Waals surface area contributed by atoms with Crippen LogP contribution in [-0.2, 0) is 0 Å². The average molecular weight is 288 g/mol. The second-order valence-corrected chi connectivity index (χ2v) is 4.95. The molecule has 1 aromatic carbocycles. The van der Waals surface area contributed by atoms with E-state index in [2.05, 4.69) is 18.7 Å². The zero-order valence-corrected chi connectivity index (χ0v) is 12.7. The minimum Gasteiger partial charge on any atom is -0.304 e. The van der Waals surface area contributed by atoms with E-state index in [1.54, 1.807) is 0 Å². The minimum absolute atomic E-state index is 0. The van der Waals surface area contributed by atoms with Crippen molar-refractivity contribution in [3.8, 4) is 0 Å². The number of halogens is 1. The van der Waals surface area contributed by atoms with Gasteiger partial charge in [-0.2, -0.15) is 0 Å². The molecule has 1 rings (SSSR count). The Balaban J connectivity index is 0.00000289. The summed E-state index contributed by atoms with van der Waals surface area (Å²) in [5.74, 6) is 0.907. The largest absolute Gasteiger partial charge is 0.304 e. The molecular formula is C14H22ClNOS. The summed E-state index contributed by atoms with van der Waals surface area (Å²) in [4.78, 5) is 14.2. The zero-order valence-electron chi connectivity index (χ0n) is 11.1. The average Bonchev–Trinajstić information content (AvgIpc) is 2.40. The summed E-state index contributed by atoms with van der Waals surface area (Å²) in [5.41, 5.74) is 0.806. The molecule has 0 aliphatic carbocycles. The molecule has 4 heteroatoms. The lowest BCUT2D eigenvalue weighted by Crippen LogP contribution is -2.24. The van der Waals surface area contributed by atoms with Crippen LogP contribution in [0.5, 0.6) is 0 Å². The van der Waals surface area contributed by atoms with Crippen molar-refractivity contribution >= 4 is 29.3 Å². The fourth-order valence-corrected chi connectivity index (χ4v) is 2.41. The SMILES string of the molecule is CCN(CC)CCCSC(=O)c1ccccc1.Cl. The summed E-state index contributed by atoms with van der Waals surface area (Å²) in [7, 11) is 0. The Labute approximate surface area is 121 Å². The summed E-state index contributed by atoms with van der Waals surface area (Å²) in [5, 5.41) is 0.185. The zero-order chi connectivity index (χ0) is 12.5. The van der Waals surface area contributed by atoms with Crippen molar-refractivity contribution < 1.29 is 4.79 Å². The smallest absolute Gasteiger partial charge is 0.219 e. The van der Waals surface area contributed by atoms with Crippen LogP contribution in [0.1, 0.15) is 30.6 Å². The number of carbonyl (C=O) groups is 1. The highest BCUT2D eigenvalue weighted by Crippen LogP contribution is 2.13. The summed E-state index contributed by atoms with van der Waals surface area (Å²) >= 11 is 1.43. The molecule has 0 atom stereocenters. The maximum Gasteiger partial charge on any atom is 0.219 e. The third-order valence-electron chi connectivity index (χ3n) is 2.76. The van der Waals surface area contributed by atoms with Crippen molar-refractivity contribution in [3.05, 3.63) is 35.9 Å². The Kier molecular flexibility index (Phi) is 10.1. The lowest BCUT2D eigenvalue weighted by atomic mass is 10.2. The van der Waals surface area contributed by atoms with Gasteiger partial charge in [0.15, 0.2) is 0 Å². The van der Waals surface area contributed by atoms with Crippen molar-refractivity contribution in [3.63, 3.8) is 0 Å². The summed E-state index contributed by atoms with van der Waals surface area (Å²) in [6, 6.07) is 9.49. The van der Waals surface area contributed by atoms with E-state index in [1.165, 1.54) is 11.8 Å². The van der Waals surface area contributed by atoms with Crippen molar-refractivity contribution in [2.75, 3.05) is 25.4 Å². The molecule has 0 heterocycles. The molecule has 0 aliphatic heterocycles. The second kappa shape index (κ2) is 10.4. The number of benzene rings is 1. The summed E-state index contributed by atoms with van der Waals surface area (Å²) < 4.78 is 0. The standard InChI is InChI=1S/C14H21NOS.ClH/c1-3-15(4-2)11-8-12-17-14(16)13-9-6-5-7-10-13;/h5-7,9-10H,3-4,8,11-12H2,1-2H3;1H. The Hall–Kier alpha value is -0.510. The van der Waals surface area contributed by atoms with Gasteiger partial charge in [0.2, 0.25) is 5.12 Å². The molecule has 0 fully saturated rings. The van der Waals surface area contributed by atoms with Gasteiger partial charge in [-0.15, -0.1) is 12.4 Å². The van der Waals surface area contributed by atoms with E-state index < -0.39 is 0 Å². The topological polar surface area (TPSA) is 20.3 Å². The van der Waals surface area contributed by atoms with Gasteiger partial charge in [-0.1, -0.05) is 55.9 Å². The van der Waals surface area contributed by atoms with Crippen LogP contribution >= 0.6 is 24.2 Å². The molecule has 2 nitrogen and oxygen atoms in total. The molecular weight excluding hydrogens is 266 g/mol. The van der Waals surface area contributed by atoms with Gasteiger partial charge in [0.25, 0.3) is 0 Å². The van der Waals surface area contributed by atoms with Crippen LogP contribution in [0.15, 0.2) is 30.3 Å². The van der Waals surface area contributed by atoms with Crippen molar-refractivity contribution in [1.82, 2.24) is 4.90 Å². The molecule has 18 heavy (non-hydrogen) atoms. The van der Waals surface area contributed by atoms with Crippen molar-refractivity contribution in [1.29, 1.82) is 0 Å². The van der Waals surface area contributed by atoms with Gasteiger partial charge in [-0.3, -0.25) is 4.79 Å². The van der Waals surface area contributed by atoms with Crippen LogP contribution < -0.4 is 0 Å². The number of carbonyl (C=O) groups excluding carboxylic acids is 1. The first kappa shape index (κ1) is 17.5. The number of hydrogen-bond donors (Lipinski definition) is 0. The van der Waals surface area contributed by atoms with E-state index in [0.717, 1.165) is 37.4 Å². The molecule has 1 aromatic rings. The Morgan fingerprint density at radius 1 is 1.17 bits per heavy atom. The van der Waals surface area contributed by atoms with E-state index in [9.17, 15) is 4.79 Å². The maximum absolute atomic E-state index is 11.8. The molecule has 0 saturated carbocycles. The molecule has 0 spiro atoms. The normalized spacial score (nSPS) is 10.2. The van der Waals surface area contributed by atoms with Crippen LogP contribution in [0.3, 0.4) is 0 Å². The van der Waals surface area contributed by atoms with Crippen LogP contribution in [-0.4, -0.2) is 35.4 Å². The van der Waals surface area contributed by atoms with Crippen LogP contribution in [0.25, 0.3) is 0 Å². The highest BCUT2D eigenvalue weighted by Gasteiger charge is 2.05. The quantitative estimate of drug-likeness (QED) is 0.713. The highest BCUT2D eigenvalue weighted by atomic mass is 35.5. The first-order valence-electron chi connectivity index (χ1n) is 6.22. The van der Waals surface area contributed by atoms with E-state index in [4.69, 9.17) is 0 Å². The number of hydrogen-bond acceptors (Lipinski definition) is 3. The fraction of sp³-hybridized carbons (Fsp3) is 0.500. The van der Waals surface area contributed by atoms with Crippen LogP contribution in [0.2, 0.25) is 0 Å². The van der Waals surface area contributed by atoms with Crippen LogP contribution in [0, 0.1) is 0 Å². The molecule has 0 radical (unpaired) electrons. The molecule has 0 bridgehead atoms. The van der Waals surface area contributed by atoms with Gasteiger partial charge in [-0.25, -0.2) is 0 Å². The second-order valence-electron chi connectivity index (χ2n) is 3.88. The lowest BCUT2D eigenvalue weighted by Gasteiger charge is -2.17. The molecule has 0 unspecified atom stereocenters.